The van der Waals surface area contributed by atoms with Crippen molar-refractivity contribution in [1.29, 1.82) is 0 Å². The molecule has 1 rings (SSSR count). The van der Waals surface area contributed by atoms with Crippen molar-refractivity contribution in [3.05, 3.63) is 16.6 Å². The number of hydrogen-bond acceptors (Lipinski definition) is 3. The molecule has 2 nitrogen and oxygen atoms in total. The summed E-state index contributed by atoms with van der Waals surface area (Å²) in [6.45, 7) is 2.02. The van der Waals surface area contributed by atoms with Crippen LogP contribution < -0.4 is 5.73 Å². The van der Waals surface area contributed by atoms with E-state index in [9.17, 15) is 0 Å². The highest BCUT2D eigenvalue weighted by atomic mass is 32.1. The largest absolute Gasteiger partial charge is 0.328 e. The Labute approximate surface area is 65.1 Å². The van der Waals surface area contributed by atoms with E-state index in [0.717, 1.165) is 12.8 Å². The van der Waals surface area contributed by atoms with Crippen molar-refractivity contribution in [2.45, 2.75) is 25.8 Å². The van der Waals surface area contributed by atoms with Gasteiger partial charge < -0.3 is 5.73 Å². The van der Waals surface area contributed by atoms with Crippen LogP contribution in [0.1, 0.15) is 19.0 Å². The highest BCUT2D eigenvalue weighted by molar-refractivity contribution is 7.07. The van der Waals surface area contributed by atoms with Crippen molar-refractivity contribution < 1.29 is 0 Å². The smallest absolute Gasteiger partial charge is 0.0794 e. The fourth-order valence-corrected chi connectivity index (χ4v) is 1.33. The average molecular weight is 156 g/mol. The van der Waals surface area contributed by atoms with Crippen molar-refractivity contribution in [1.82, 2.24) is 4.98 Å². The Kier molecular flexibility index (Phi) is 2.83. The molecule has 1 atom stereocenters. The van der Waals surface area contributed by atoms with Crippen LogP contribution in [0.2, 0.25) is 0 Å². The Bertz CT molecular complexity index is 170. The van der Waals surface area contributed by atoms with Crippen LogP contribution >= 0.6 is 11.3 Å². The zero-order valence-electron chi connectivity index (χ0n) is 6.08. The van der Waals surface area contributed by atoms with E-state index in [2.05, 4.69) is 10.4 Å². The number of nitrogens with zero attached hydrogens (tertiary/aromatic N) is 1. The molecule has 1 aromatic heterocycles. The minimum atomic E-state index is 0.293. The zero-order valence-corrected chi connectivity index (χ0v) is 6.90. The molecule has 1 heterocycles. The molecule has 0 saturated carbocycles. The van der Waals surface area contributed by atoms with Crippen LogP contribution in [0.4, 0.5) is 0 Å². The lowest BCUT2D eigenvalue weighted by molar-refractivity contribution is 0.660. The van der Waals surface area contributed by atoms with Gasteiger partial charge in [0.15, 0.2) is 0 Å². The van der Waals surface area contributed by atoms with Gasteiger partial charge in [-0.2, -0.15) is 0 Å². The molecule has 0 aliphatic heterocycles. The predicted octanol–water partition coefficient (Wildman–Crippen LogP) is 1.42. The van der Waals surface area contributed by atoms with Crippen LogP contribution in [0, 0.1) is 0 Å². The number of aryl methyl sites for hydroxylation is 1. The number of aromatic nitrogens is 1. The lowest BCUT2D eigenvalue weighted by Gasteiger charge is -2.00. The van der Waals surface area contributed by atoms with Gasteiger partial charge in [-0.3, -0.25) is 0 Å². The van der Waals surface area contributed by atoms with Crippen LogP contribution in [0.5, 0.6) is 0 Å². The second kappa shape index (κ2) is 3.68. The van der Waals surface area contributed by atoms with Gasteiger partial charge in [-0.15, -0.1) is 11.3 Å². The van der Waals surface area contributed by atoms with Crippen LogP contribution in [-0.4, -0.2) is 11.0 Å². The number of rotatable bonds is 3. The Balaban J connectivity index is 2.28. The maximum atomic E-state index is 5.58. The average Bonchev–Trinajstić information content (AvgIpc) is 2.34. The molecule has 0 saturated heterocycles. The topological polar surface area (TPSA) is 38.9 Å². The summed E-state index contributed by atoms with van der Waals surface area (Å²) in [5.74, 6) is 0. The fourth-order valence-electron chi connectivity index (χ4n) is 0.737. The summed E-state index contributed by atoms with van der Waals surface area (Å²) in [7, 11) is 0. The number of hydrogen-bond donors (Lipinski definition) is 1. The van der Waals surface area contributed by atoms with Gasteiger partial charge in [0.25, 0.3) is 0 Å². The SMILES string of the molecule is CC(N)CCc1cscn1. The van der Waals surface area contributed by atoms with Crippen LogP contribution in [0.25, 0.3) is 0 Å². The van der Waals surface area contributed by atoms with Crippen molar-refractivity contribution in [3.8, 4) is 0 Å². The summed E-state index contributed by atoms with van der Waals surface area (Å²) in [6, 6.07) is 0.293. The van der Waals surface area contributed by atoms with Gasteiger partial charge in [0.2, 0.25) is 0 Å². The van der Waals surface area contributed by atoms with E-state index >= 15 is 0 Å². The first-order valence-corrected chi connectivity index (χ1v) is 4.36. The predicted molar refractivity (Wildman–Crippen MR) is 44.1 cm³/mol. The van der Waals surface area contributed by atoms with E-state index in [1.165, 1.54) is 5.69 Å². The first kappa shape index (κ1) is 7.69. The lowest BCUT2D eigenvalue weighted by atomic mass is 10.2. The molecular weight excluding hydrogens is 144 g/mol. The maximum absolute atomic E-state index is 5.58. The van der Waals surface area contributed by atoms with E-state index in [-0.39, 0.29) is 0 Å². The Morgan fingerprint density at radius 3 is 3.10 bits per heavy atom. The highest BCUT2D eigenvalue weighted by Crippen LogP contribution is 2.04. The van der Waals surface area contributed by atoms with E-state index in [0.29, 0.717) is 6.04 Å². The summed E-state index contributed by atoms with van der Waals surface area (Å²) in [5.41, 5.74) is 8.61. The molecule has 2 N–H and O–H groups in total. The van der Waals surface area contributed by atoms with Gasteiger partial charge in [0, 0.05) is 11.4 Å². The molecule has 1 aromatic rings. The highest BCUT2D eigenvalue weighted by Gasteiger charge is 1.96. The van der Waals surface area contributed by atoms with Crippen LogP contribution in [0.15, 0.2) is 10.9 Å². The molecule has 0 fully saturated rings. The Morgan fingerprint density at radius 1 is 1.80 bits per heavy atom. The van der Waals surface area contributed by atoms with Crippen LogP contribution in [-0.2, 0) is 6.42 Å². The Morgan fingerprint density at radius 2 is 2.60 bits per heavy atom. The van der Waals surface area contributed by atoms with Gasteiger partial charge in [0.1, 0.15) is 0 Å². The number of nitrogens with two attached hydrogens (primary N) is 1. The van der Waals surface area contributed by atoms with Crippen molar-refractivity contribution >= 4 is 11.3 Å². The van der Waals surface area contributed by atoms with Crippen molar-refractivity contribution in [3.63, 3.8) is 0 Å². The summed E-state index contributed by atoms with van der Waals surface area (Å²) >= 11 is 1.64. The quantitative estimate of drug-likeness (QED) is 0.719. The van der Waals surface area contributed by atoms with Gasteiger partial charge >= 0.3 is 0 Å². The van der Waals surface area contributed by atoms with Crippen molar-refractivity contribution in [2.75, 3.05) is 0 Å². The van der Waals surface area contributed by atoms with E-state index in [1.807, 2.05) is 12.4 Å². The molecule has 0 bridgehead atoms. The molecular formula is C7H12N2S. The molecule has 56 valence electrons. The molecule has 10 heavy (non-hydrogen) atoms. The van der Waals surface area contributed by atoms with Gasteiger partial charge in [-0.1, -0.05) is 0 Å². The fraction of sp³-hybridized carbons (Fsp3) is 0.571. The molecule has 0 spiro atoms. The first-order valence-electron chi connectivity index (χ1n) is 3.41. The number of thiazole rings is 1. The third-order valence-electron chi connectivity index (χ3n) is 1.34. The molecule has 0 aliphatic carbocycles. The van der Waals surface area contributed by atoms with E-state index < -0.39 is 0 Å². The van der Waals surface area contributed by atoms with Gasteiger partial charge in [-0.05, 0) is 19.8 Å². The molecule has 0 aromatic carbocycles. The maximum Gasteiger partial charge on any atom is 0.0794 e. The summed E-state index contributed by atoms with van der Waals surface area (Å²) < 4.78 is 0. The minimum Gasteiger partial charge on any atom is -0.328 e. The standard InChI is InChI=1S/C7H12N2S/c1-6(8)2-3-7-4-10-5-9-7/h4-6H,2-3,8H2,1H3. The molecule has 0 amide bonds. The monoisotopic (exact) mass is 156 g/mol. The van der Waals surface area contributed by atoms with E-state index in [1.54, 1.807) is 11.3 Å². The lowest BCUT2D eigenvalue weighted by Crippen LogP contribution is -2.15. The van der Waals surface area contributed by atoms with Gasteiger partial charge in [0.05, 0.1) is 11.2 Å². The normalized spacial score (nSPS) is 13.4. The minimum absolute atomic E-state index is 0.293. The third kappa shape index (κ3) is 2.45. The second-order valence-corrected chi connectivity index (χ2v) is 3.21. The van der Waals surface area contributed by atoms with Gasteiger partial charge in [-0.25, -0.2) is 4.98 Å². The Hall–Kier alpha value is -0.410. The summed E-state index contributed by atoms with van der Waals surface area (Å²) in [5, 5.41) is 2.07. The zero-order chi connectivity index (χ0) is 7.40. The van der Waals surface area contributed by atoms with Crippen LogP contribution in [0.3, 0.4) is 0 Å². The first-order chi connectivity index (χ1) is 4.79. The summed E-state index contributed by atoms with van der Waals surface area (Å²) in [6.07, 6.45) is 2.05. The summed E-state index contributed by atoms with van der Waals surface area (Å²) in [4.78, 5) is 4.15. The molecule has 0 aliphatic rings. The second-order valence-electron chi connectivity index (χ2n) is 2.50. The van der Waals surface area contributed by atoms with Crippen molar-refractivity contribution in [2.24, 2.45) is 5.73 Å². The third-order valence-corrected chi connectivity index (χ3v) is 1.97. The molecule has 3 heteroatoms. The molecule has 0 radical (unpaired) electrons. The van der Waals surface area contributed by atoms with E-state index in [4.69, 9.17) is 5.73 Å². The molecule has 1 unspecified atom stereocenters.